The van der Waals surface area contributed by atoms with Crippen LogP contribution >= 0.6 is 0 Å². The first-order chi connectivity index (χ1) is 9.67. The van der Waals surface area contributed by atoms with E-state index in [1.807, 2.05) is 26.0 Å². The minimum absolute atomic E-state index is 0.158. The largest absolute Gasteiger partial charge is 0.490 e. The van der Waals surface area contributed by atoms with Gasteiger partial charge in [0.05, 0.1) is 13.2 Å². The molecule has 0 aliphatic heterocycles. The van der Waals surface area contributed by atoms with Crippen LogP contribution in [0.25, 0.3) is 0 Å². The van der Waals surface area contributed by atoms with Crippen LogP contribution in [-0.4, -0.2) is 19.3 Å². The first-order valence-electron chi connectivity index (χ1n) is 7.81. The van der Waals surface area contributed by atoms with Crippen molar-refractivity contribution in [1.29, 1.82) is 0 Å². The van der Waals surface area contributed by atoms with Crippen LogP contribution in [0.5, 0.6) is 11.5 Å². The van der Waals surface area contributed by atoms with Gasteiger partial charge in [-0.05, 0) is 44.4 Å². The summed E-state index contributed by atoms with van der Waals surface area (Å²) in [5.74, 6) is 1.68. The van der Waals surface area contributed by atoms with Gasteiger partial charge in [0.1, 0.15) is 0 Å². The quantitative estimate of drug-likeness (QED) is 0.660. The molecule has 3 heteroatoms. The first kappa shape index (κ1) is 16.8. The molecule has 1 atom stereocenters. The number of benzene rings is 1. The average Bonchev–Trinajstić information content (AvgIpc) is 2.40. The molecule has 3 nitrogen and oxygen atoms in total. The summed E-state index contributed by atoms with van der Waals surface area (Å²) in [5.41, 5.74) is 7.04. The van der Waals surface area contributed by atoms with E-state index in [9.17, 15) is 0 Å². The standard InChI is InChI=1S/C17H29NO2/c1-4-6-7-8-11-20-16-10-9-15(12-14(3)18)13-17(16)19-5-2/h9-10,13-14H,4-8,11-12,18H2,1-3H3. The molecule has 0 aromatic heterocycles. The third kappa shape index (κ3) is 6.29. The van der Waals surface area contributed by atoms with Gasteiger partial charge in [-0.1, -0.05) is 32.3 Å². The van der Waals surface area contributed by atoms with Crippen molar-refractivity contribution < 1.29 is 9.47 Å². The smallest absolute Gasteiger partial charge is 0.161 e. The van der Waals surface area contributed by atoms with Crippen molar-refractivity contribution in [3.63, 3.8) is 0 Å². The molecule has 20 heavy (non-hydrogen) atoms. The molecule has 0 amide bonds. The van der Waals surface area contributed by atoms with Crippen molar-refractivity contribution in [1.82, 2.24) is 0 Å². The Hall–Kier alpha value is -1.22. The second-order valence-corrected chi connectivity index (χ2v) is 5.30. The molecule has 1 aromatic rings. The zero-order chi connectivity index (χ0) is 14.8. The molecule has 0 saturated heterocycles. The number of hydrogen-bond acceptors (Lipinski definition) is 3. The molecular weight excluding hydrogens is 250 g/mol. The Bertz CT molecular complexity index is 377. The highest BCUT2D eigenvalue weighted by Gasteiger charge is 2.07. The van der Waals surface area contributed by atoms with Crippen LogP contribution in [0.15, 0.2) is 18.2 Å². The molecule has 2 N–H and O–H groups in total. The molecule has 0 fully saturated rings. The molecule has 0 saturated carbocycles. The highest BCUT2D eigenvalue weighted by molar-refractivity contribution is 5.43. The van der Waals surface area contributed by atoms with Crippen LogP contribution in [0.1, 0.15) is 52.0 Å². The minimum atomic E-state index is 0.158. The fraction of sp³-hybridized carbons (Fsp3) is 0.647. The lowest BCUT2D eigenvalue weighted by Gasteiger charge is -2.14. The van der Waals surface area contributed by atoms with Crippen molar-refractivity contribution in [3.8, 4) is 11.5 Å². The number of ether oxygens (including phenoxy) is 2. The van der Waals surface area contributed by atoms with Gasteiger partial charge >= 0.3 is 0 Å². The Labute approximate surface area is 123 Å². The molecule has 0 spiro atoms. The molecule has 0 bridgehead atoms. The maximum absolute atomic E-state index is 5.84. The lowest BCUT2D eigenvalue weighted by Crippen LogP contribution is -2.17. The summed E-state index contributed by atoms with van der Waals surface area (Å²) in [6.45, 7) is 7.62. The van der Waals surface area contributed by atoms with E-state index in [1.54, 1.807) is 0 Å². The number of nitrogens with two attached hydrogens (primary N) is 1. The van der Waals surface area contributed by atoms with Gasteiger partial charge in [0.15, 0.2) is 11.5 Å². The van der Waals surface area contributed by atoms with Crippen molar-refractivity contribution in [3.05, 3.63) is 23.8 Å². The molecule has 1 unspecified atom stereocenters. The Morgan fingerprint density at radius 2 is 1.85 bits per heavy atom. The van der Waals surface area contributed by atoms with Gasteiger partial charge in [-0.3, -0.25) is 0 Å². The molecule has 0 aliphatic carbocycles. The van der Waals surface area contributed by atoms with Crippen molar-refractivity contribution >= 4 is 0 Å². The fourth-order valence-corrected chi connectivity index (χ4v) is 2.15. The molecule has 0 aliphatic rings. The Morgan fingerprint density at radius 1 is 1.05 bits per heavy atom. The molecule has 114 valence electrons. The number of hydrogen-bond donors (Lipinski definition) is 1. The summed E-state index contributed by atoms with van der Waals surface area (Å²) in [7, 11) is 0. The van der Waals surface area contributed by atoms with E-state index in [0.29, 0.717) is 6.61 Å². The summed E-state index contributed by atoms with van der Waals surface area (Å²) in [6.07, 6.45) is 5.70. The van der Waals surface area contributed by atoms with Crippen LogP contribution in [0, 0.1) is 0 Å². The maximum atomic E-state index is 5.84. The Morgan fingerprint density at radius 3 is 2.50 bits per heavy atom. The van der Waals surface area contributed by atoms with E-state index < -0.39 is 0 Å². The van der Waals surface area contributed by atoms with E-state index >= 15 is 0 Å². The average molecular weight is 279 g/mol. The van der Waals surface area contributed by atoms with Crippen molar-refractivity contribution in [2.75, 3.05) is 13.2 Å². The van der Waals surface area contributed by atoms with Crippen LogP contribution < -0.4 is 15.2 Å². The van der Waals surface area contributed by atoms with Crippen molar-refractivity contribution in [2.45, 2.75) is 58.9 Å². The Kier molecular flexibility index (Phi) is 8.12. The van der Waals surface area contributed by atoms with E-state index in [4.69, 9.17) is 15.2 Å². The summed E-state index contributed by atoms with van der Waals surface area (Å²) < 4.78 is 11.5. The highest BCUT2D eigenvalue weighted by atomic mass is 16.5. The van der Waals surface area contributed by atoms with Crippen LogP contribution in [-0.2, 0) is 6.42 Å². The molecular formula is C17H29NO2. The topological polar surface area (TPSA) is 44.5 Å². The van der Waals surface area contributed by atoms with E-state index in [1.165, 1.54) is 24.8 Å². The van der Waals surface area contributed by atoms with Crippen LogP contribution in [0.3, 0.4) is 0 Å². The van der Waals surface area contributed by atoms with Crippen LogP contribution in [0.4, 0.5) is 0 Å². The first-order valence-corrected chi connectivity index (χ1v) is 7.81. The molecule has 0 radical (unpaired) electrons. The van der Waals surface area contributed by atoms with E-state index in [0.717, 1.165) is 30.9 Å². The predicted molar refractivity (Wildman–Crippen MR) is 84.6 cm³/mol. The summed E-state index contributed by atoms with van der Waals surface area (Å²) in [5, 5.41) is 0. The van der Waals surface area contributed by atoms with Gasteiger partial charge in [-0.15, -0.1) is 0 Å². The van der Waals surface area contributed by atoms with Gasteiger partial charge in [0.25, 0.3) is 0 Å². The lowest BCUT2D eigenvalue weighted by molar-refractivity contribution is 0.270. The molecule has 1 aromatic carbocycles. The second kappa shape index (κ2) is 9.65. The summed E-state index contributed by atoms with van der Waals surface area (Å²) in [6, 6.07) is 6.29. The fourth-order valence-electron chi connectivity index (χ4n) is 2.15. The lowest BCUT2D eigenvalue weighted by atomic mass is 10.1. The van der Waals surface area contributed by atoms with E-state index in [2.05, 4.69) is 13.0 Å². The third-order valence-electron chi connectivity index (χ3n) is 3.12. The molecule has 0 heterocycles. The summed E-state index contributed by atoms with van der Waals surface area (Å²) >= 11 is 0. The van der Waals surface area contributed by atoms with Gasteiger partial charge in [-0.2, -0.15) is 0 Å². The third-order valence-corrected chi connectivity index (χ3v) is 3.12. The zero-order valence-corrected chi connectivity index (χ0v) is 13.2. The normalized spacial score (nSPS) is 12.2. The van der Waals surface area contributed by atoms with Gasteiger partial charge in [0, 0.05) is 6.04 Å². The SMILES string of the molecule is CCCCCCOc1ccc(CC(C)N)cc1OCC. The van der Waals surface area contributed by atoms with E-state index in [-0.39, 0.29) is 6.04 Å². The van der Waals surface area contributed by atoms with Gasteiger partial charge < -0.3 is 15.2 Å². The predicted octanol–water partition coefficient (Wildman–Crippen LogP) is 3.93. The van der Waals surface area contributed by atoms with Gasteiger partial charge in [-0.25, -0.2) is 0 Å². The van der Waals surface area contributed by atoms with Crippen molar-refractivity contribution in [2.24, 2.45) is 5.73 Å². The maximum Gasteiger partial charge on any atom is 0.161 e. The Balaban J connectivity index is 2.59. The second-order valence-electron chi connectivity index (χ2n) is 5.30. The minimum Gasteiger partial charge on any atom is -0.490 e. The zero-order valence-electron chi connectivity index (χ0n) is 13.2. The van der Waals surface area contributed by atoms with Crippen LogP contribution in [0.2, 0.25) is 0 Å². The number of unbranched alkanes of at least 4 members (excludes halogenated alkanes) is 3. The van der Waals surface area contributed by atoms with Gasteiger partial charge in [0.2, 0.25) is 0 Å². The summed E-state index contributed by atoms with van der Waals surface area (Å²) in [4.78, 5) is 0. The monoisotopic (exact) mass is 279 g/mol. The molecule has 1 rings (SSSR count). The number of rotatable bonds is 10. The highest BCUT2D eigenvalue weighted by Crippen LogP contribution is 2.29.